The number of benzene rings is 1. The van der Waals surface area contributed by atoms with Crippen LogP contribution in [0.25, 0.3) is 0 Å². The van der Waals surface area contributed by atoms with E-state index in [2.05, 4.69) is 0 Å². The summed E-state index contributed by atoms with van der Waals surface area (Å²) >= 11 is 5.37. The van der Waals surface area contributed by atoms with E-state index >= 15 is 0 Å². The number of carbonyl (C=O) groups excluding carboxylic acids is 1. The smallest absolute Gasteiger partial charge is 0.293 e. The van der Waals surface area contributed by atoms with E-state index in [9.17, 15) is 18.0 Å². The summed E-state index contributed by atoms with van der Waals surface area (Å²) in [6.45, 7) is 0. The largest absolute Gasteiger partial charge is 0.296 e. The molecular formula is C9H6ClF3O. The van der Waals surface area contributed by atoms with Crippen LogP contribution in [0.15, 0.2) is 18.2 Å². The Bertz CT molecular complexity index is 352. The van der Waals surface area contributed by atoms with Gasteiger partial charge in [-0.25, -0.2) is 13.2 Å². The molecule has 1 aromatic rings. The van der Waals surface area contributed by atoms with Gasteiger partial charge in [-0.2, -0.15) is 0 Å². The van der Waals surface area contributed by atoms with E-state index in [-0.39, 0.29) is 10.6 Å². The number of ketones is 1. The van der Waals surface area contributed by atoms with E-state index in [1.807, 2.05) is 0 Å². The van der Waals surface area contributed by atoms with Crippen molar-refractivity contribution in [1.82, 2.24) is 0 Å². The molecule has 0 aliphatic carbocycles. The van der Waals surface area contributed by atoms with Crippen molar-refractivity contribution in [3.05, 3.63) is 34.6 Å². The minimum Gasteiger partial charge on any atom is -0.293 e. The highest BCUT2D eigenvalue weighted by atomic mass is 35.5. The monoisotopic (exact) mass is 222 g/mol. The molecule has 0 unspecified atom stereocenters. The molecular weight excluding hydrogens is 217 g/mol. The summed E-state index contributed by atoms with van der Waals surface area (Å²) in [4.78, 5) is 10.6. The quantitative estimate of drug-likeness (QED) is 0.769. The van der Waals surface area contributed by atoms with E-state index in [4.69, 9.17) is 11.6 Å². The zero-order chi connectivity index (χ0) is 10.7. The predicted octanol–water partition coefficient (Wildman–Crippen LogP) is 2.86. The average molecular weight is 223 g/mol. The molecule has 0 amide bonds. The Labute approximate surface area is 83.5 Å². The maximum Gasteiger partial charge on any atom is 0.296 e. The minimum atomic E-state index is -3.02. The summed E-state index contributed by atoms with van der Waals surface area (Å²) in [6.07, 6.45) is -3.50. The zero-order valence-corrected chi connectivity index (χ0v) is 7.69. The molecule has 0 saturated carbocycles. The first-order valence-electron chi connectivity index (χ1n) is 3.75. The normalized spacial score (nSPS) is 10.6. The van der Waals surface area contributed by atoms with Crippen LogP contribution in [0, 0.1) is 5.82 Å². The first-order chi connectivity index (χ1) is 6.50. The van der Waals surface area contributed by atoms with E-state index in [0.717, 1.165) is 6.07 Å². The summed E-state index contributed by atoms with van der Waals surface area (Å²) in [5.41, 5.74) is 0.192. The van der Waals surface area contributed by atoms with Crippen molar-refractivity contribution in [1.29, 1.82) is 0 Å². The lowest BCUT2D eigenvalue weighted by molar-refractivity contribution is -0.128. The zero-order valence-electron chi connectivity index (χ0n) is 6.94. The maximum atomic E-state index is 12.8. The first-order valence-corrected chi connectivity index (χ1v) is 4.13. The summed E-state index contributed by atoms with van der Waals surface area (Å²) in [6, 6.07) is 3.54. The van der Waals surface area contributed by atoms with Gasteiger partial charge in [0, 0.05) is 6.42 Å². The number of halogens is 4. The van der Waals surface area contributed by atoms with Gasteiger partial charge in [0.2, 0.25) is 5.78 Å². The van der Waals surface area contributed by atoms with Crippen LogP contribution in [0.3, 0.4) is 0 Å². The average Bonchev–Trinajstić information content (AvgIpc) is 2.11. The number of Topliss-reactive ketones (excluding diaryl/α,β-unsaturated/α-hetero) is 1. The number of alkyl halides is 2. The number of hydrogen-bond donors (Lipinski definition) is 0. The molecule has 0 saturated heterocycles. The van der Waals surface area contributed by atoms with Crippen LogP contribution in [0.2, 0.25) is 5.02 Å². The summed E-state index contributed by atoms with van der Waals surface area (Å²) in [5.74, 6) is -1.95. The molecule has 0 radical (unpaired) electrons. The van der Waals surface area contributed by atoms with Gasteiger partial charge in [0.1, 0.15) is 5.82 Å². The van der Waals surface area contributed by atoms with Gasteiger partial charge in [-0.1, -0.05) is 17.7 Å². The lowest BCUT2D eigenvalue weighted by Crippen LogP contribution is -2.12. The molecule has 1 nitrogen and oxygen atoms in total. The molecule has 0 heterocycles. The van der Waals surface area contributed by atoms with Crippen molar-refractivity contribution in [3.63, 3.8) is 0 Å². The highest BCUT2D eigenvalue weighted by molar-refractivity contribution is 6.30. The van der Waals surface area contributed by atoms with Crippen LogP contribution in [0.1, 0.15) is 5.56 Å². The van der Waals surface area contributed by atoms with Crippen molar-refractivity contribution in [2.24, 2.45) is 0 Å². The Hall–Kier alpha value is -1.03. The van der Waals surface area contributed by atoms with E-state index in [1.54, 1.807) is 0 Å². The molecule has 0 bridgehead atoms. The topological polar surface area (TPSA) is 17.1 Å². The first kappa shape index (κ1) is 11.0. The molecule has 0 atom stereocenters. The third-order valence-corrected chi connectivity index (χ3v) is 1.91. The fourth-order valence-electron chi connectivity index (χ4n) is 0.928. The summed E-state index contributed by atoms with van der Waals surface area (Å²) in [7, 11) is 0. The van der Waals surface area contributed by atoms with Gasteiger partial charge in [-0.15, -0.1) is 0 Å². The summed E-state index contributed by atoms with van der Waals surface area (Å²) < 4.78 is 36.4. The third kappa shape index (κ3) is 2.73. The van der Waals surface area contributed by atoms with Crippen LogP contribution in [0.4, 0.5) is 13.2 Å². The summed E-state index contributed by atoms with van der Waals surface area (Å²) in [5, 5.41) is -0.0988. The Morgan fingerprint density at radius 3 is 2.57 bits per heavy atom. The fourth-order valence-corrected chi connectivity index (χ4v) is 1.05. The van der Waals surface area contributed by atoms with E-state index in [0.29, 0.717) is 0 Å². The molecule has 0 aliphatic heterocycles. The Balaban J connectivity index is 2.78. The third-order valence-electron chi connectivity index (χ3n) is 1.61. The molecule has 14 heavy (non-hydrogen) atoms. The molecule has 1 rings (SSSR count). The Morgan fingerprint density at radius 2 is 2.07 bits per heavy atom. The van der Waals surface area contributed by atoms with Crippen LogP contribution < -0.4 is 0 Å². The van der Waals surface area contributed by atoms with Crippen molar-refractivity contribution in [3.8, 4) is 0 Å². The van der Waals surface area contributed by atoms with Crippen LogP contribution in [-0.2, 0) is 11.2 Å². The van der Waals surface area contributed by atoms with Crippen LogP contribution >= 0.6 is 11.6 Å². The van der Waals surface area contributed by atoms with Gasteiger partial charge >= 0.3 is 0 Å². The van der Waals surface area contributed by atoms with Gasteiger partial charge in [-0.3, -0.25) is 4.79 Å². The second-order valence-electron chi connectivity index (χ2n) is 2.69. The molecule has 0 spiro atoms. The molecule has 0 N–H and O–H groups in total. The lowest BCUT2D eigenvalue weighted by Gasteiger charge is -2.01. The van der Waals surface area contributed by atoms with Crippen molar-refractivity contribution < 1.29 is 18.0 Å². The van der Waals surface area contributed by atoms with Crippen LogP contribution in [-0.4, -0.2) is 12.2 Å². The van der Waals surface area contributed by atoms with E-state index in [1.165, 1.54) is 12.1 Å². The van der Waals surface area contributed by atoms with Gasteiger partial charge < -0.3 is 0 Å². The highest BCUT2D eigenvalue weighted by Crippen LogP contribution is 2.16. The van der Waals surface area contributed by atoms with Crippen molar-refractivity contribution in [2.45, 2.75) is 12.8 Å². The molecule has 5 heteroatoms. The van der Waals surface area contributed by atoms with Gasteiger partial charge in [0.05, 0.1) is 5.02 Å². The van der Waals surface area contributed by atoms with Crippen molar-refractivity contribution >= 4 is 17.4 Å². The van der Waals surface area contributed by atoms with Gasteiger partial charge in [0.15, 0.2) is 0 Å². The van der Waals surface area contributed by atoms with Gasteiger partial charge in [-0.05, 0) is 17.7 Å². The lowest BCUT2D eigenvalue weighted by atomic mass is 10.1. The Morgan fingerprint density at radius 1 is 1.43 bits per heavy atom. The molecule has 0 aromatic heterocycles. The predicted molar refractivity (Wildman–Crippen MR) is 46.1 cm³/mol. The fraction of sp³-hybridized carbons (Fsp3) is 0.222. The SMILES string of the molecule is O=C(Cc1ccc(Cl)c(F)c1)C(F)F. The molecule has 0 aliphatic rings. The minimum absolute atomic E-state index is 0.0988. The van der Waals surface area contributed by atoms with Gasteiger partial charge in [0.25, 0.3) is 6.43 Å². The Kier molecular flexibility index (Phi) is 3.52. The standard InChI is InChI=1S/C9H6ClF3O/c10-6-2-1-5(3-7(6)11)4-8(14)9(12)13/h1-3,9H,4H2. The second kappa shape index (κ2) is 4.46. The van der Waals surface area contributed by atoms with E-state index < -0.39 is 24.4 Å². The highest BCUT2D eigenvalue weighted by Gasteiger charge is 2.16. The van der Waals surface area contributed by atoms with Crippen LogP contribution in [0.5, 0.6) is 0 Å². The number of rotatable bonds is 3. The molecule has 0 fully saturated rings. The number of carbonyl (C=O) groups is 1. The molecule has 76 valence electrons. The maximum absolute atomic E-state index is 12.8. The van der Waals surface area contributed by atoms with Crippen molar-refractivity contribution in [2.75, 3.05) is 0 Å². The second-order valence-corrected chi connectivity index (χ2v) is 3.10. The molecule has 1 aromatic carbocycles. The number of hydrogen-bond acceptors (Lipinski definition) is 1.